The second-order valence-electron chi connectivity index (χ2n) is 5.18. The van der Waals surface area contributed by atoms with Crippen molar-refractivity contribution >= 4 is 5.91 Å². The van der Waals surface area contributed by atoms with Gasteiger partial charge in [-0.25, -0.2) is 0 Å². The van der Waals surface area contributed by atoms with Gasteiger partial charge in [0.05, 0.1) is 6.61 Å². The van der Waals surface area contributed by atoms with Gasteiger partial charge < -0.3 is 10.0 Å². The number of carbonyl (C=O) groups excluding carboxylic acids is 1. The van der Waals surface area contributed by atoms with E-state index in [1.807, 2.05) is 16.8 Å². The molecule has 0 aliphatic carbocycles. The lowest BCUT2D eigenvalue weighted by molar-refractivity contribution is -0.145. The molecule has 1 fully saturated rings. The zero-order chi connectivity index (χ0) is 12.3. The van der Waals surface area contributed by atoms with Gasteiger partial charge in [-0.2, -0.15) is 0 Å². The number of carbonyl (C=O) groups is 1. The van der Waals surface area contributed by atoms with Gasteiger partial charge in [-0.15, -0.1) is 0 Å². The fourth-order valence-corrected chi connectivity index (χ4v) is 2.05. The van der Waals surface area contributed by atoms with Crippen molar-refractivity contribution < 1.29 is 9.90 Å². The molecular weight excluding hydrogens is 204 g/mol. The van der Waals surface area contributed by atoms with Gasteiger partial charge in [0, 0.05) is 19.1 Å². The Labute approximate surface area is 98.2 Å². The Hall–Kier alpha value is -0.610. The molecule has 0 aromatic rings. The number of likely N-dealkylation sites (N-methyl/N-ethyl adjacent to an activating group) is 1. The van der Waals surface area contributed by atoms with Crippen molar-refractivity contribution in [2.45, 2.75) is 39.3 Å². The summed E-state index contributed by atoms with van der Waals surface area (Å²) >= 11 is 0. The maximum Gasteiger partial charge on any atom is 0.242 e. The Morgan fingerprint density at radius 1 is 1.50 bits per heavy atom. The van der Waals surface area contributed by atoms with E-state index in [-0.39, 0.29) is 18.6 Å². The highest BCUT2D eigenvalue weighted by Crippen LogP contribution is 2.16. The highest BCUT2D eigenvalue weighted by Gasteiger charge is 2.35. The number of nitrogens with zero attached hydrogens (tertiary/aromatic N) is 2. The fraction of sp³-hybridized carbons (Fsp3) is 0.917. The van der Waals surface area contributed by atoms with Gasteiger partial charge in [0.1, 0.15) is 6.04 Å². The average Bonchev–Trinajstić information content (AvgIpc) is 2.22. The van der Waals surface area contributed by atoms with E-state index >= 15 is 0 Å². The third kappa shape index (κ3) is 2.95. The molecule has 0 spiro atoms. The molecule has 16 heavy (non-hydrogen) atoms. The summed E-state index contributed by atoms with van der Waals surface area (Å²) in [5.41, 5.74) is 0. The predicted octanol–water partition coefficient (Wildman–Crippen LogP) is 0.556. The normalized spacial score (nSPS) is 27.9. The zero-order valence-corrected chi connectivity index (χ0v) is 10.8. The Balaban J connectivity index is 2.61. The second kappa shape index (κ2) is 5.64. The molecule has 0 aromatic carbocycles. The molecule has 2 unspecified atom stereocenters. The van der Waals surface area contributed by atoms with E-state index < -0.39 is 0 Å². The summed E-state index contributed by atoms with van der Waals surface area (Å²) in [4.78, 5) is 15.9. The van der Waals surface area contributed by atoms with Crippen LogP contribution in [-0.4, -0.2) is 59.6 Å². The third-order valence-corrected chi connectivity index (χ3v) is 3.42. The third-order valence-electron chi connectivity index (χ3n) is 3.42. The molecule has 2 atom stereocenters. The van der Waals surface area contributed by atoms with Gasteiger partial charge >= 0.3 is 0 Å². The monoisotopic (exact) mass is 228 g/mol. The van der Waals surface area contributed by atoms with Crippen molar-refractivity contribution in [1.82, 2.24) is 9.80 Å². The minimum Gasteiger partial charge on any atom is -0.394 e. The summed E-state index contributed by atoms with van der Waals surface area (Å²) in [6.45, 7) is 7.92. The van der Waals surface area contributed by atoms with Gasteiger partial charge in [-0.05, 0) is 26.3 Å². The Morgan fingerprint density at radius 2 is 2.12 bits per heavy atom. The average molecular weight is 228 g/mol. The van der Waals surface area contributed by atoms with Crippen LogP contribution in [0.2, 0.25) is 0 Å². The smallest absolute Gasteiger partial charge is 0.242 e. The number of amides is 1. The van der Waals surface area contributed by atoms with Crippen LogP contribution in [-0.2, 0) is 4.79 Å². The Bertz CT molecular complexity index is 243. The van der Waals surface area contributed by atoms with Crippen LogP contribution in [0, 0.1) is 5.92 Å². The van der Waals surface area contributed by atoms with Crippen molar-refractivity contribution in [1.29, 1.82) is 0 Å². The number of hydrogen-bond acceptors (Lipinski definition) is 3. The number of hydrogen-bond donors (Lipinski definition) is 1. The molecule has 0 saturated carbocycles. The standard InChI is InChI=1S/C12H24N2O2/c1-9(2)5-6-14-7-10(3)13(4)11(8-15)12(14)16/h9-11,15H,5-8H2,1-4H3. The van der Waals surface area contributed by atoms with E-state index in [1.54, 1.807) is 0 Å². The summed E-state index contributed by atoms with van der Waals surface area (Å²) in [6, 6.07) is -0.0297. The van der Waals surface area contributed by atoms with Crippen LogP contribution in [0.1, 0.15) is 27.2 Å². The Kier molecular flexibility index (Phi) is 4.74. The first-order chi connectivity index (χ1) is 7.47. The predicted molar refractivity (Wildman–Crippen MR) is 64.1 cm³/mol. The maximum absolute atomic E-state index is 12.0. The minimum atomic E-state index is -0.351. The lowest BCUT2D eigenvalue weighted by Crippen LogP contribution is -2.60. The topological polar surface area (TPSA) is 43.8 Å². The number of rotatable bonds is 4. The SMILES string of the molecule is CC(C)CCN1CC(C)N(C)C(CO)C1=O. The summed E-state index contributed by atoms with van der Waals surface area (Å²) in [5.74, 6) is 0.680. The number of piperazine rings is 1. The highest BCUT2D eigenvalue weighted by molar-refractivity contribution is 5.82. The van der Waals surface area contributed by atoms with Crippen LogP contribution in [0.15, 0.2) is 0 Å². The molecule has 1 heterocycles. The van der Waals surface area contributed by atoms with Gasteiger partial charge in [0.15, 0.2) is 0 Å². The van der Waals surface area contributed by atoms with Gasteiger partial charge in [0.25, 0.3) is 0 Å². The van der Waals surface area contributed by atoms with Crippen LogP contribution in [0.3, 0.4) is 0 Å². The summed E-state index contributed by atoms with van der Waals surface area (Å²) < 4.78 is 0. The molecule has 0 bridgehead atoms. The van der Waals surface area contributed by atoms with E-state index in [0.29, 0.717) is 12.0 Å². The molecule has 0 aromatic heterocycles. The molecule has 1 amide bonds. The van der Waals surface area contributed by atoms with Gasteiger partial charge in [-0.1, -0.05) is 13.8 Å². The second-order valence-corrected chi connectivity index (χ2v) is 5.18. The van der Waals surface area contributed by atoms with E-state index in [0.717, 1.165) is 19.5 Å². The molecule has 94 valence electrons. The maximum atomic E-state index is 12.0. The zero-order valence-electron chi connectivity index (χ0n) is 10.8. The quantitative estimate of drug-likeness (QED) is 0.764. The molecule has 1 rings (SSSR count). The lowest BCUT2D eigenvalue weighted by Gasteiger charge is -2.42. The molecular formula is C12H24N2O2. The summed E-state index contributed by atoms with van der Waals surface area (Å²) in [5, 5.41) is 9.26. The van der Waals surface area contributed by atoms with Crippen LogP contribution >= 0.6 is 0 Å². The van der Waals surface area contributed by atoms with Crippen LogP contribution < -0.4 is 0 Å². The largest absolute Gasteiger partial charge is 0.394 e. The van der Waals surface area contributed by atoms with E-state index in [1.165, 1.54) is 0 Å². The van der Waals surface area contributed by atoms with E-state index in [4.69, 9.17) is 0 Å². The summed E-state index contributed by atoms with van der Waals surface area (Å²) in [6.07, 6.45) is 1.03. The van der Waals surface area contributed by atoms with Crippen molar-refractivity contribution in [3.63, 3.8) is 0 Å². The first-order valence-electron chi connectivity index (χ1n) is 6.09. The Morgan fingerprint density at radius 3 is 2.62 bits per heavy atom. The van der Waals surface area contributed by atoms with Crippen LogP contribution in [0.25, 0.3) is 0 Å². The minimum absolute atomic E-state index is 0.0729. The molecule has 1 aliphatic rings. The molecule has 1 aliphatic heterocycles. The summed E-state index contributed by atoms with van der Waals surface area (Å²) in [7, 11) is 1.91. The number of aliphatic hydroxyl groups excluding tert-OH is 1. The van der Waals surface area contributed by atoms with Gasteiger partial charge in [0.2, 0.25) is 5.91 Å². The van der Waals surface area contributed by atoms with E-state index in [9.17, 15) is 9.90 Å². The van der Waals surface area contributed by atoms with Crippen LogP contribution in [0.4, 0.5) is 0 Å². The number of aliphatic hydroxyl groups is 1. The fourth-order valence-electron chi connectivity index (χ4n) is 2.05. The van der Waals surface area contributed by atoms with Crippen molar-refractivity contribution in [2.24, 2.45) is 5.92 Å². The van der Waals surface area contributed by atoms with E-state index in [2.05, 4.69) is 20.8 Å². The first kappa shape index (κ1) is 13.5. The van der Waals surface area contributed by atoms with Gasteiger partial charge in [-0.3, -0.25) is 9.69 Å². The molecule has 1 saturated heterocycles. The first-order valence-corrected chi connectivity index (χ1v) is 6.09. The van der Waals surface area contributed by atoms with Crippen molar-refractivity contribution in [2.75, 3.05) is 26.7 Å². The molecule has 4 nitrogen and oxygen atoms in total. The lowest BCUT2D eigenvalue weighted by atomic mass is 10.1. The van der Waals surface area contributed by atoms with Crippen LogP contribution in [0.5, 0.6) is 0 Å². The molecule has 0 radical (unpaired) electrons. The highest BCUT2D eigenvalue weighted by atomic mass is 16.3. The molecule has 4 heteroatoms. The molecule has 1 N–H and O–H groups in total. The van der Waals surface area contributed by atoms with Crippen molar-refractivity contribution in [3.05, 3.63) is 0 Å². The van der Waals surface area contributed by atoms with Crippen molar-refractivity contribution in [3.8, 4) is 0 Å².